The van der Waals surface area contributed by atoms with Gasteiger partial charge in [0.1, 0.15) is 6.04 Å². The third-order valence-corrected chi connectivity index (χ3v) is 4.27. The smallest absolute Gasteiger partial charge is 0.255 e. The Balaban J connectivity index is 1.86. The van der Waals surface area contributed by atoms with E-state index in [0.29, 0.717) is 17.9 Å². The molecular weight excluding hydrogens is 336 g/mol. The molecule has 0 aliphatic carbocycles. The molecule has 2 aromatic carbocycles. The number of para-hydroxylation sites is 1. The van der Waals surface area contributed by atoms with Crippen LogP contribution in [0, 0.1) is 0 Å². The second-order valence-corrected chi connectivity index (χ2v) is 5.76. The first kappa shape index (κ1) is 17.6. The molecule has 0 radical (unpaired) electrons. The largest absolute Gasteiger partial charge is 0.493 e. The molecule has 26 heavy (non-hydrogen) atoms. The number of rotatable bonds is 5. The number of carbonyl (C=O) groups excluding carboxylic acids is 2. The fourth-order valence-electron chi connectivity index (χ4n) is 2.99. The van der Waals surface area contributed by atoms with Gasteiger partial charge in [0.25, 0.3) is 5.91 Å². The molecule has 3 rings (SSSR count). The Labute approximate surface area is 151 Å². The molecule has 136 valence electrons. The van der Waals surface area contributed by atoms with Crippen molar-refractivity contribution in [2.75, 3.05) is 26.6 Å². The van der Waals surface area contributed by atoms with Gasteiger partial charge in [-0.3, -0.25) is 9.59 Å². The Bertz CT molecular complexity index is 850. The molecule has 1 atom stereocenters. The van der Waals surface area contributed by atoms with Crippen LogP contribution in [0.25, 0.3) is 0 Å². The van der Waals surface area contributed by atoms with Gasteiger partial charge in [-0.25, -0.2) is 0 Å². The maximum Gasteiger partial charge on any atom is 0.255 e. The lowest BCUT2D eigenvalue weighted by atomic mass is 9.98. The zero-order valence-electron chi connectivity index (χ0n) is 14.8. The predicted molar refractivity (Wildman–Crippen MR) is 96.1 cm³/mol. The van der Waals surface area contributed by atoms with Crippen molar-refractivity contribution < 1.29 is 23.8 Å². The molecule has 2 aromatic rings. The highest BCUT2D eigenvalue weighted by molar-refractivity contribution is 6.04. The summed E-state index contributed by atoms with van der Waals surface area (Å²) in [4.78, 5) is 25.1. The first-order valence-electron chi connectivity index (χ1n) is 8.07. The average molecular weight is 356 g/mol. The van der Waals surface area contributed by atoms with Crippen LogP contribution >= 0.6 is 0 Å². The third-order valence-electron chi connectivity index (χ3n) is 4.27. The van der Waals surface area contributed by atoms with Crippen LogP contribution in [0.3, 0.4) is 0 Å². The SMILES string of the molecule is COc1ccc(C(=O)N[C@H]2Cc3ccccc3NC2=O)c(OC)c1OC. The summed E-state index contributed by atoms with van der Waals surface area (Å²) in [6.45, 7) is 0. The van der Waals surface area contributed by atoms with Gasteiger partial charge in [0, 0.05) is 12.1 Å². The van der Waals surface area contributed by atoms with E-state index in [1.165, 1.54) is 21.3 Å². The van der Waals surface area contributed by atoms with Crippen LogP contribution in [0.4, 0.5) is 5.69 Å². The summed E-state index contributed by atoms with van der Waals surface area (Å²) in [6, 6.07) is 10.0. The summed E-state index contributed by atoms with van der Waals surface area (Å²) in [5.74, 6) is 0.339. The van der Waals surface area contributed by atoms with Crippen LogP contribution in [0.1, 0.15) is 15.9 Å². The van der Waals surface area contributed by atoms with Gasteiger partial charge in [0.2, 0.25) is 11.7 Å². The highest BCUT2D eigenvalue weighted by Crippen LogP contribution is 2.39. The molecular formula is C19H20N2O5. The lowest BCUT2D eigenvalue weighted by Gasteiger charge is -2.25. The van der Waals surface area contributed by atoms with Gasteiger partial charge in [-0.2, -0.15) is 0 Å². The van der Waals surface area contributed by atoms with Crippen LogP contribution in [0.15, 0.2) is 36.4 Å². The highest BCUT2D eigenvalue weighted by atomic mass is 16.5. The van der Waals surface area contributed by atoms with E-state index in [1.54, 1.807) is 12.1 Å². The number of carbonyl (C=O) groups is 2. The van der Waals surface area contributed by atoms with E-state index in [-0.39, 0.29) is 17.2 Å². The number of fused-ring (bicyclic) bond motifs is 1. The zero-order valence-corrected chi connectivity index (χ0v) is 14.8. The normalized spacial score (nSPS) is 15.5. The monoisotopic (exact) mass is 356 g/mol. The van der Waals surface area contributed by atoms with Crippen molar-refractivity contribution in [3.63, 3.8) is 0 Å². The summed E-state index contributed by atoms with van der Waals surface area (Å²) < 4.78 is 15.9. The lowest BCUT2D eigenvalue weighted by Crippen LogP contribution is -2.47. The maximum absolute atomic E-state index is 12.8. The Morgan fingerprint density at radius 1 is 1.04 bits per heavy atom. The Hall–Kier alpha value is -3.22. The fourth-order valence-corrected chi connectivity index (χ4v) is 2.99. The topological polar surface area (TPSA) is 85.9 Å². The number of hydrogen-bond donors (Lipinski definition) is 2. The van der Waals surface area contributed by atoms with Crippen LogP contribution in [-0.4, -0.2) is 39.2 Å². The lowest BCUT2D eigenvalue weighted by molar-refractivity contribution is -0.118. The highest BCUT2D eigenvalue weighted by Gasteiger charge is 2.29. The van der Waals surface area contributed by atoms with E-state index >= 15 is 0 Å². The molecule has 1 heterocycles. The van der Waals surface area contributed by atoms with Gasteiger partial charge >= 0.3 is 0 Å². The van der Waals surface area contributed by atoms with E-state index < -0.39 is 11.9 Å². The quantitative estimate of drug-likeness (QED) is 0.856. The van der Waals surface area contributed by atoms with E-state index in [1.807, 2.05) is 24.3 Å². The summed E-state index contributed by atoms with van der Waals surface area (Å²) in [5.41, 5.74) is 2.00. The Morgan fingerprint density at radius 3 is 2.46 bits per heavy atom. The van der Waals surface area contributed by atoms with Crippen molar-refractivity contribution in [2.45, 2.75) is 12.5 Å². The maximum atomic E-state index is 12.8. The third kappa shape index (κ3) is 3.15. The van der Waals surface area contributed by atoms with E-state index in [2.05, 4.69) is 10.6 Å². The second-order valence-electron chi connectivity index (χ2n) is 5.76. The molecule has 0 bridgehead atoms. The first-order valence-corrected chi connectivity index (χ1v) is 8.07. The van der Waals surface area contributed by atoms with Crippen LogP contribution < -0.4 is 24.8 Å². The van der Waals surface area contributed by atoms with Gasteiger partial charge in [0.05, 0.1) is 26.9 Å². The summed E-state index contributed by atoms with van der Waals surface area (Å²) in [7, 11) is 4.41. The van der Waals surface area contributed by atoms with Gasteiger partial charge in [0.15, 0.2) is 11.5 Å². The molecule has 2 N–H and O–H groups in total. The minimum Gasteiger partial charge on any atom is -0.493 e. The second kappa shape index (κ2) is 7.35. The number of benzene rings is 2. The molecule has 1 aliphatic rings. The number of amides is 2. The molecule has 0 saturated carbocycles. The summed E-state index contributed by atoms with van der Waals surface area (Å²) in [6.07, 6.45) is 0.420. The van der Waals surface area contributed by atoms with Gasteiger partial charge in [-0.15, -0.1) is 0 Å². The molecule has 0 unspecified atom stereocenters. The van der Waals surface area contributed by atoms with Crippen LogP contribution in [-0.2, 0) is 11.2 Å². The van der Waals surface area contributed by atoms with Gasteiger partial charge < -0.3 is 24.8 Å². The zero-order chi connectivity index (χ0) is 18.7. The van der Waals surface area contributed by atoms with Crippen molar-refractivity contribution in [1.82, 2.24) is 5.32 Å². The Morgan fingerprint density at radius 2 is 1.77 bits per heavy atom. The first-order chi connectivity index (χ1) is 12.6. The molecule has 1 aliphatic heterocycles. The van der Waals surface area contributed by atoms with Gasteiger partial charge in [-0.05, 0) is 23.8 Å². The number of methoxy groups -OCH3 is 3. The van der Waals surface area contributed by atoms with Crippen LogP contribution in [0.2, 0.25) is 0 Å². The van der Waals surface area contributed by atoms with Crippen molar-refractivity contribution in [2.24, 2.45) is 0 Å². The molecule has 2 amide bonds. The minimum absolute atomic E-state index is 0.251. The minimum atomic E-state index is -0.671. The number of nitrogens with one attached hydrogen (secondary N) is 2. The number of anilines is 1. The molecule has 0 saturated heterocycles. The molecule has 0 aromatic heterocycles. The van der Waals surface area contributed by atoms with Crippen molar-refractivity contribution in [3.8, 4) is 17.2 Å². The Kier molecular flexibility index (Phi) is 4.97. The van der Waals surface area contributed by atoms with E-state index in [4.69, 9.17) is 14.2 Å². The molecule has 0 spiro atoms. The summed E-state index contributed by atoms with van der Waals surface area (Å²) in [5, 5.41) is 5.57. The van der Waals surface area contributed by atoms with Crippen molar-refractivity contribution in [3.05, 3.63) is 47.5 Å². The number of ether oxygens (including phenoxy) is 3. The van der Waals surface area contributed by atoms with Crippen molar-refractivity contribution in [1.29, 1.82) is 0 Å². The average Bonchev–Trinajstić information content (AvgIpc) is 2.66. The number of hydrogen-bond acceptors (Lipinski definition) is 5. The fraction of sp³-hybridized carbons (Fsp3) is 0.263. The predicted octanol–water partition coefficient (Wildman–Crippen LogP) is 2.01. The molecule has 7 nitrogen and oxygen atoms in total. The van der Waals surface area contributed by atoms with Gasteiger partial charge in [-0.1, -0.05) is 18.2 Å². The molecule has 7 heteroatoms. The van der Waals surface area contributed by atoms with E-state index in [0.717, 1.165) is 11.3 Å². The van der Waals surface area contributed by atoms with Crippen molar-refractivity contribution >= 4 is 17.5 Å². The standard InChI is InChI=1S/C19H20N2O5/c1-24-15-9-8-12(16(25-2)17(15)26-3)18(22)21-14-10-11-6-4-5-7-13(11)20-19(14)23/h4-9,14H,10H2,1-3H3,(H,20,23)(H,21,22)/t14-/m0/s1. The van der Waals surface area contributed by atoms with E-state index in [9.17, 15) is 9.59 Å². The summed E-state index contributed by atoms with van der Waals surface area (Å²) >= 11 is 0. The van der Waals surface area contributed by atoms with Crippen LogP contribution in [0.5, 0.6) is 17.2 Å². The molecule has 0 fully saturated rings.